The highest BCUT2D eigenvalue weighted by Gasteiger charge is 2.36. The van der Waals surface area contributed by atoms with E-state index in [0.717, 1.165) is 30.9 Å². The molecular weight excluding hydrogens is 272 g/mol. The molecule has 0 spiro atoms. The summed E-state index contributed by atoms with van der Waals surface area (Å²) >= 11 is 5.16. The van der Waals surface area contributed by atoms with E-state index in [-0.39, 0.29) is 12.1 Å². The van der Waals surface area contributed by atoms with Gasteiger partial charge in [0.25, 0.3) is 0 Å². The lowest BCUT2D eigenvalue weighted by atomic mass is 10.0. The Labute approximate surface area is 123 Å². The average Bonchev–Trinajstić information content (AvgIpc) is 2.79. The Hall–Kier alpha value is -1.82. The van der Waals surface area contributed by atoms with Crippen molar-refractivity contribution in [1.29, 1.82) is 0 Å². The van der Waals surface area contributed by atoms with Gasteiger partial charge in [-0.05, 0) is 18.6 Å². The predicted octanol–water partition coefficient (Wildman–Crippen LogP) is 0.843. The van der Waals surface area contributed by atoms with Crippen molar-refractivity contribution >= 4 is 28.9 Å². The first kappa shape index (κ1) is 13.2. The molecule has 0 bridgehead atoms. The standard InChI is InChI=1S/C14H18N4OS/c1-9-3-2-4-11(13(15)20)12(9)17-5-6-18-10(8-17)7-16-14(18)19/h2-4,10H,5-8H2,1H3,(H2,15,20)(H,16,19). The summed E-state index contributed by atoms with van der Waals surface area (Å²) in [6.45, 7) is 5.15. The molecule has 5 nitrogen and oxygen atoms in total. The van der Waals surface area contributed by atoms with E-state index in [1.807, 2.05) is 17.0 Å². The lowest BCUT2D eigenvalue weighted by molar-refractivity contribution is 0.197. The number of fused-ring (bicyclic) bond motifs is 1. The van der Waals surface area contributed by atoms with Gasteiger partial charge in [-0.25, -0.2) is 4.79 Å². The minimum atomic E-state index is 0.0500. The number of urea groups is 1. The van der Waals surface area contributed by atoms with Crippen molar-refractivity contribution in [2.75, 3.05) is 31.1 Å². The second-order valence-electron chi connectivity index (χ2n) is 5.31. The molecule has 0 aliphatic carbocycles. The summed E-state index contributed by atoms with van der Waals surface area (Å²) in [5.41, 5.74) is 9.05. The van der Waals surface area contributed by atoms with Crippen LogP contribution in [-0.2, 0) is 0 Å². The second kappa shape index (κ2) is 4.94. The zero-order valence-electron chi connectivity index (χ0n) is 11.4. The highest BCUT2D eigenvalue weighted by atomic mass is 32.1. The third-order valence-electron chi connectivity index (χ3n) is 4.05. The van der Waals surface area contributed by atoms with Crippen LogP contribution in [0.15, 0.2) is 18.2 Å². The number of piperazine rings is 1. The molecule has 1 atom stereocenters. The van der Waals surface area contributed by atoms with Crippen LogP contribution in [0.1, 0.15) is 11.1 Å². The SMILES string of the molecule is Cc1cccc(C(N)=S)c1N1CCN2C(=O)NCC2C1. The third-order valence-corrected chi connectivity index (χ3v) is 4.27. The molecule has 0 radical (unpaired) electrons. The van der Waals surface area contributed by atoms with E-state index in [2.05, 4.69) is 23.2 Å². The van der Waals surface area contributed by atoms with Gasteiger partial charge in [-0.3, -0.25) is 0 Å². The van der Waals surface area contributed by atoms with Crippen molar-refractivity contribution in [3.8, 4) is 0 Å². The van der Waals surface area contributed by atoms with Gasteiger partial charge in [0, 0.05) is 31.7 Å². The molecule has 0 saturated carbocycles. The molecule has 20 heavy (non-hydrogen) atoms. The highest BCUT2D eigenvalue weighted by molar-refractivity contribution is 7.80. The molecule has 6 heteroatoms. The smallest absolute Gasteiger partial charge is 0.317 e. The summed E-state index contributed by atoms with van der Waals surface area (Å²) in [5.74, 6) is 0. The zero-order valence-corrected chi connectivity index (χ0v) is 12.2. The van der Waals surface area contributed by atoms with Gasteiger partial charge in [0.15, 0.2) is 0 Å². The number of hydrogen-bond donors (Lipinski definition) is 2. The fourth-order valence-corrected chi connectivity index (χ4v) is 3.25. The maximum absolute atomic E-state index is 11.6. The number of nitrogens with two attached hydrogens (primary N) is 1. The molecule has 2 aliphatic rings. The van der Waals surface area contributed by atoms with Gasteiger partial charge >= 0.3 is 6.03 Å². The first-order valence-electron chi connectivity index (χ1n) is 6.77. The minimum Gasteiger partial charge on any atom is -0.389 e. The Kier molecular flexibility index (Phi) is 3.25. The van der Waals surface area contributed by atoms with Gasteiger partial charge < -0.3 is 20.9 Å². The monoisotopic (exact) mass is 290 g/mol. The molecule has 1 aromatic rings. The Morgan fingerprint density at radius 3 is 3.00 bits per heavy atom. The number of thiocarbonyl (C=S) groups is 1. The van der Waals surface area contributed by atoms with Crippen LogP contribution in [-0.4, -0.2) is 48.1 Å². The van der Waals surface area contributed by atoms with Crippen LogP contribution in [0.25, 0.3) is 0 Å². The number of benzene rings is 1. The molecule has 1 aromatic carbocycles. The van der Waals surface area contributed by atoms with Crippen molar-refractivity contribution in [3.05, 3.63) is 29.3 Å². The fourth-order valence-electron chi connectivity index (χ4n) is 3.08. The van der Waals surface area contributed by atoms with Crippen LogP contribution in [0.5, 0.6) is 0 Å². The van der Waals surface area contributed by atoms with Crippen LogP contribution in [0.3, 0.4) is 0 Å². The van der Waals surface area contributed by atoms with Gasteiger partial charge in [-0.1, -0.05) is 24.4 Å². The maximum atomic E-state index is 11.6. The molecular formula is C14H18N4OS. The Morgan fingerprint density at radius 1 is 1.45 bits per heavy atom. The molecule has 1 unspecified atom stereocenters. The largest absolute Gasteiger partial charge is 0.389 e. The van der Waals surface area contributed by atoms with Crippen molar-refractivity contribution in [3.63, 3.8) is 0 Å². The summed E-state index contributed by atoms with van der Waals surface area (Å²) in [6.07, 6.45) is 0. The first-order valence-corrected chi connectivity index (χ1v) is 7.17. The van der Waals surface area contributed by atoms with Crippen LogP contribution in [0.2, 0.25) is 0 Å². The molecule has 3 N–H and O–H groups in total. The number of aryl methyl sites for hydroxylation is 1. The number of hydrogen-bond acceptors (Lipinski definition) is 3. The topological polar surface area (TPSA) is 61.6 Å². The predicted molar refractivity (Wildman–Crippen MR) is 83.2 cm³/mol. The van der Waals surface area contributed by atoms with Crippen LogP contribution < -0.4 is 16.0 Å². The number of anilines is 1. The Morgan fingerprint density at radius 2 is 2.25 bits per heavy atom. The number of carbonyl (C=O) groups excluding carboxylic acids is 1. The summed E-state index contributed by atoms with van der Waals surface area (Å²) in [4.78, 5) is 16.3. The van der Waals surface area contributed by atoms with E-state index in [0.29, 0.717) is 11.5 Å². The van der Waals surface area contributed by atoms with Crippen molar-refractivity contribution in [1.82, 2.24) is 10.2 Å². The number of carbonyl (C=O) groups is 1. The van der Waals surface area contributed by atoms with Crippen LogP contribution in [0.4, 0.5) is 10.5 Å². The molecule has 2 heterocycles. The van der Waals surface area contributed by atoms with Gasteiger partial charge in [-0.2, -0.15) is 0 Å². The van der Waals surface area contributed by atoms with E-state index in [9.17, 15) is 4.79 Å². The van der Waals surface area contributed by atoms with E-state index >= 15 is 0 Å². The molecule has 2 amide bonds. The van der Waals surface area contributed by atoms with Crippen molar-refractivity contribution < 1.29 is 4.79 Å². The number of amides is 2. The molecule has 106 valence electrons. The Balaban J connectivity index is 1.91. The number of para-hydroxylation sites is 1. The molecule has 2 saturated heterocycles. The fraction of sp³-hybridized carbons (Fsp3) is 0.429. The lowest BCUT2D eigenvalue weighted by Gasteiger charge is -2.39. The van der Waals surface area contributed by atoms with Gasteiger partial charge in [-0.15, -0.1) is 0 Å². The Bertz CT molecular complexity index is 574. The molecule has 3 rings (SSSR count). The summed E-state index contributed by atoms with van der Waals surface area (Å²) < 4.78 is 0. The number of nitrogens with one attached hydrogen (secondary N) is 1. The maximum Gasteiger partial charge on any atom is 0.317 e. The van der Waals surface area contributed by atoms with E-state index in [1.165, 1.54) is 5.56 Å². The third kappa shape index (κ3) is 2.10. The van der Waals surface area contributed by atoms with Gasteiger partial charge in [0.2, 0.25) is 0 Å². The van der Waals surface area contributed by atoms with Gasteiger partial charge in [0.05, 0.1) is 11.7 Å². The normalized spacial score (nSPS) is 21.6. The quantitative estimate of drug-likeness (QED) is 0.793. The van der Waals surface area contributed by atoms with Crippen molar-refractivity contribution in [2.24, 2.45) is 5.73 Å². The molecule has 2 fully saturated rings. The highest BCUT2D eigenvalue weighted by Crippen LogP contribution is 2.28. The zero-order chi connectivity index (χ0) is 14.3. The summed E-state index contributed by atoms with van der Waals surface area (Å²) in [5, 5.41) is 2.90. The summed E-state index contributed by atoms with van der Waals surface area (Å²) in [6, 6.07) is 6.30. The minimum absolute atomic E-state index is 0.0500. The van der Waals surface area contributed by atoms with E-state index < -0.39 is 0 Å². The van der Waals surface area contributed by atoms with Crippen LogP contribution in [0, 0.1) is 6.92 Å². The molecule has 0 aromatic heterocycles. The van der Waals surface area contributed by atoms with Crippen molar-refractivity contribution in [2.45, 2.75) is 13.0 Å². The average molecular weight is 290 g/mol. The molecule has 2 aliphatic heterocycles. The van der Waals surface area contributed by atoms with E-state index in [4.69, 9.17) is 18.0 Å². The lowest BCUT2D eigenvalue weighted by Crippen LogP contribution is -2.52. The van der Waals surface area contributed by atoms with E-state index in [1.54, 1.807) is 0 Å². The van der Waals surface area contributed by atoms with Gasteiger partial charge in [0.1, 0.15) is 4.99 Å². The first-order chi connectivity index (χ1) is 9.58. The number of rotatable bonds is 2. The number of nitrogens with zero attached hydrogens (tertiary/aromatic N) is 2. The summed E-state index contributed by atoms with van der Waals surface area (Å²) in [7, 11) is 0. The second-order valence-corrected chi connectivity index (χ2v) is 5.75. The van der Waals surface area contributed by atoms with Crippen LogP contribution >= 0.6 is 12.2 Å².